The van der Waals surface area contributed by atoms with E-state index in [1.807, 2.05) is 41.5 Å². The Morgan fingerprint density at radius 1 is 1.00 bits per heavy atom. The van der Waals surface area contributed by atoms with Crippen molar-refractivity contribution in [2.75, 3.05) is 0 Å². The Hall–Kier alpha value is -0.783. The van der Waals surface area contributed by atoms with E-state index < -0.39 is 25.4 Å². The van der Waals surface area contributed by atoms with Crippen LogP contribution in [0.3, 0.4) is 0 Å². The normalized spacial score (nSPS) is 14.6. The van der Waals surface area contributed by atoms with Gasteiger partial charge in [0, 0.05) is 6.08 Å². The molecule has 0 bridgehead atoms. The third-order valence-electron chi connectivity index (χ3n) is 3.85. The van der Waals surface area contributed by atoms with Gasteiger partial charge >= 0.3 is 6.18 Å². The average Bonchev–Trinajstić information content (AvgIpc) is 2.14. The molecule has 0 spiro atoms. The van der Waals surface area contributed by atoms with Crippen LogP contribution in [0.4, 0.5) is 13.2 Å². The Labute approximate surface area is 113 Å². The van der Waals surface area contributed by atoms with Crippen LogP contribution in [0.5, 0.6) is 0 Å². The highest BCUT2D eigenvalue weighted by Crippen LogP contribution is 2.42. The molecular weight excluding hydrogens is 273 g/mol. The maximum atomic E-state index is 12.4. The summed E-state index contributed by atoms with van der Waals surface area (Å²) in [5.74, 6) is -1.80. The molecule has 0 rings (SSSR count). The quantitative estimate of drug-likeness (QED) is 0.450. The molecule has 0 fully saturated rings. The van der Waals surface area contributed by atoms with Crippen LogP contribution in [-0.2, 0) is 4.79 Å². The standard InChI is InChI=1S/C13H23F3O2Si/c1-8(2)19(9(3)4,10(5)6)12(18)7-11(17)13(14,15)16/h7-10,17H,1-6H3/b11-7+. The number of alkyl halides is 3. The van der Waals surface area contributed by atoms with Gasteiger partial charge in [-0.1, -0.05) is 41.5 Å². The maximum absolute atomic E-state index is 12.4. The molecule has 0 aliphatic carbocycles. The van der Waals surface area contributed by atoms with Crippen LogP contribution in [0, 0.1) is 0 Å². The smallest absolute Gasteiger partial charge is 0.448 e. The molecule has 0 aromatic heterocycles. The first kappa shape index (κ1) is 18.2. The fraction of sp³-hybridized carbons (Fsp3) is 0.769. The summed E-state index contributed by atoms with van der Waals surface area (Å²) in [6.45, 7) is 11.3. The van der Waals surface area contributed by atoms with Gasteiger partial charge in [0.1, 0.15) is 13.5 Å². The van der Waals surface area contributed by atoms with Crippen molar-refractivity contribution < 1.29 is 23.1 Å². The van der Waals surface area contributed by atoms with E-state index in [1.165, 1.54) is 0 Å². The number of rotatable bonds is 5. The van der Waals surface area contributed by atoms with Gasteiger partial charge in [-0.25, -0.2) is 0 Å². The zero-order chi connectivity index (χ0) is 15.6. The number of aliphatic hydroxyl groups excluding tert-OH is 1. The minimum Gasteiger partial charge on any atom is -0.504 e. The number of halogens is 3. The second-order valence-electron chi connectivity index (χ2n) is 5.79. The first-order chi connectivity index (χ1) is 8.38. The van der Waals surface area contributed by atoms with Crippen LogP contribution in [0.1, 0.15) is 41.5 Å². The van der Waals surface area contributed by atoms with Gasteiger partial charge in [-0.15, -0.1) is 0 Å². The Kier molecular flexibility index (Phi) is 5.86. The molecule has 0 aromatic rings. The maximum Gasteiger partial charge on any atom is 0.448 e. The molecule has 0 atom stereocenters. The lowest BCUT2D eigenvalue weighted by atomic mass is 10.4. The van der Waals surface area contributed by atoms with Gasteiger partial charge in [0.05, 0.1) is 0 Å². The molecular formula is C13H23F3O2Si. The van der Waals surface area contributed by atoms with Gasteiger partial charge < -0.3 is 9.90 Å². The van der Waals surface area contributed by atoms with Gasteiger partial charge in [0.25, 0.3) is 0 Å². The van der Waals surface area contributed by atoms with E-state index in [4.69, 9.17) is 5.11 Å². The summed E-state index contributed by atoms with van der Waals surface area (Å²) in [6.07, 6.45) is -4.47. The average molecular weight is 296 g/mol. The molecule has 0 heterocycles. The van der Waals surface area contributed by atoms with Crippen LogP contribution in [0.15, 0.2) is 11.8 Å². The second kappa shape index (κ2) is 6.11. The molecule has 0 saturated carbocycles. The number of allylic oxidation sites excluding steroid dienone is 2. The summed E-state index contributed by atoms with van der Waals surface area (Å²) in [5.41, 5.74) is 0.0341. The second-order valence-corrected chi connectivity index (χ2v) is 11.6. The zero-order valence-electron chi connectivity index (χ0n) is 12.3. The molecule has 0 aromatic carbocycles. The minimum atomic E-state index is -4.86. The fourth-order valence-electron chi connectivity index (χ4n) is 3.18. The summed E-state index contributed by atoms with van der Waals surface area (Å²) in [7, 11) is -2.65. The Bertz CT molecular complexity index is 336. The van der Waals surface area contributed by atoms with Crippen molar-refractivity contribution in [2.24, 2.45) is 0 Å². The highest BCUT2D eigenvalue weighted by molar-refractivity contribution is 7.09. The fourth-order valence-corrected chi connectivity index (χ4v) is 9.28. The SMILES string of the molecule is CC(C)[Si](C(=O)/C=C(/O)C(F)(F)F)(C(C)C)C(C)C. The molecule has 2 nitrogen and oxygen atoms in total. The summed E-state index contributed by atoms with van der Waals surface area (Å²) in [5, 5.41) is 8.48. The van der Waals surface area contributed by atoms with Crippen LogP contribution < -0.4 is 0 Å². The summed E-state index contributed by atoms with van der Waals surface area (Å²) < 4.78 is 37.0. The molecule has 0 aliphatic rings. The van der Waals surface area contributed by atoms with Gasteiger partial charge in [0.15, 0.2) is 0 Å². The number of carbonyl (C=O) groups is 1. The van der Waals surface area contributed by atoms with E-state index in [2.05, 4.69) is 0 Å². The summed E-state index contributed by atoms with van der Waals surface area (Å²) in [6, 6.07) is 0. The van der Waals surface area contributed by atoms with E-state index in [9.17, 15) is 18.0 Å². The lowest BCUT2D eigenvalue weighted by molar-refractivity contribution is -0.123. The summed E-state index contributed by atoms with van der Waals surface area (Å²) in [4.78, 5) is 12.4. The third-order valence-corrected chi connectivity index (χ3v) is 10.6. The predicted octanol–water partition coefficient (Wildman–Crippen LogP) is 4.78. The number of carbonyl (C=O) groups excluding carboxylic acids is 1. The molecule has 19 heavy (non-hydrogen) atoms. The van der Waals surface area contributed by atoms with Crippen molar-refractivity contribution in [3.8, 4) is 0 Å². The van der Waals surface area contributed by atoms with Gasteiger partial charge in [-0.05, 0) is 16.6 Å². The highest BCUT2D eigenvalue weighted by Gasteiger charge is 2.49. The largest absolute Gasteiger partial charge is 0.504 e. The minimum absolute atomic E-state index is 0.0114. The van der Waals surface area contributed by atoms with E-state index in [0.717, 1.165) is 0 Å². The van der Waals surface area contributed by atoms with E-state index in [-0.39, 0.29) is 16.6 Å². The van der Waals surface area contributed by atoms with Crippen molar-refractivity contribution in [3.05, 3.63) is 11.8 Å². The van der Waals surface area contributed by atoms with Crippen molar-refractivity contribution >= 4 is 13.5 Å². The van der Waals surface area contributed by atoms with Crippen molar-refractivity contribution in [1.82, 2.24) is 0 Å². The molecule has 1 N–H and O–H groups in total. The van der Waals surface area contributed by atoms with Gasteiger partial charge in [-0.3, -0.25) is 0 Å². The van der Waals surface area contributed by atoms with Crippen molar-refractivity contribution in [3.63, 3.8) is 0 Å². The summed E-state index contributed by atoms with van der Waals surface area (Å²) >= 11 is 0. The monoisotopic (exact) mass is 296 g/mol. The van der Waals surface area contributed by atoms with Crippen LogP contribution >= 0.6 is 0 Å². The molecule has 0 amide bonds. The molecule has 112 valence electrons. The number of hydrogen-bond donors (Lipinski definition) is 1. The number of hydrogen-bond acceptors (Lipinski definition) is 2. The van der Waals surface area contributed by atoms with Gasteiger partial charge in [0.2, 0.25) is 5.76 Å². The van der Waals surface area contributed by atoms with Crippen LogP contribution in [0.25, 0.3) is 0 Å². The van der Waals surface area contributed by atoms with Crippen LogP contribution in [-0.4, -0.2) is 24.8 Å². The molecule has 6 heteroatoms. The molecule has 0 aliphatic heterocycles. The Morgan fingerprint density at radius 2 is 1.32 bits per heavy atom. The molecule has 0 radical (unpaired) electrons. The first-order valence-electron chi connectivity index (χ1n) is 6.40. The van der Waals surface area contributed by atoms with E-state index in [0.29, 0.717) is 6.08 Å². The highest BCUT2D eigenvalue weighted by atomic mass is 28.3. The van der Waals surface area contributed by atoms with Crippen LogP contribution in [0.2, 0.25) is 16.6 Å². The zero-order valence-corrected chi connectivity index (χ0v) is 13.3. The lowest BCUT2D eigenvalue weighted by Gasteiger charge is -2.40. The lowest BCUT2D eigenvalue weighted by Crippen LogP contribution is -2.52. The molecule has 0 saturated heterocycles. The van der Waals surface area contributed by atoms with Crippen molar-refractivity contribution in [1.29, 1.82) is 0 Å². The number of aliphatic hydroxyl groups is 1. The molecule has 0 unspecified atom stereocenters. The Balaban J connectivity index is 5.74. The third kappa shape index (κ3) is 3.61. The van der Waals surface area contributed by atoms with E-state index >= 15 is 0 Å². The van der Waals surface area contributed by atoms with Crippen molar-refractivity contribution in [2.45, 2.75) is 64.3 Å². The predicted molar refractivity (Wildman–Crippen MR) is 72.8 cm³/mol. The topological polar surface area (TPSA) is 37.3 Å². The Morgan fingerprint density at radius 3 is 1.53 bits per heavy atom. The van der Waals surface area contributed by atoms with Gasteiger partial charge in [-0.2, -0.15) is 13.2 Å². The first-order valence-corrected chi connectivity index (χ1v) is 8.63. The van der Waals surface area contributed by atoms with E-state index in [1.54, 1.807) is 0 Å².